The minimum Gasteiger partial charge on any atom is -0.478 e. The Morgan fingerprint density at radius 1 is 0.976 bits per heavy atom. The average molecular weight is 603 g/mol. The molecular formula is C26H33F3N4O7S. The molecule has 0 bridgehead atoms. The van der Waals surface area contributed by atoms with Crippen molar-refractivity contribution in [2.75, 3.05) is 48.9 Å². The summed E-state index contributed by atoms with van der Waals surface area (Å²) in [7, 11) is -3.92. The summed E-state index contributed by atoms with van der Waals surface area (Å²) in [5, 5.41) is 19.8. The lowest BCUT2D eigenvalue weighted by Crippen LogP contribution is -2.49. The second-order valence-corrected chi connectivity index (χ2v) is 11.4. The van der Waals surface area contributed by atoms with Gasteiger partial charge >= 0.3 is 18.1 Å². The molecule has 0 unspecified atom stereocenters. The molecule has 3 rings (SSSR count). The highest BCUT2D eigenvalue weighted by Gasteiger charge is 2.38. The molecule has 2 aromatic rings. The summed E-state index contributed by atoms with van der Waals surface area (Å²) in [4.78, 5) is 37.0. The van der Waals surface area contributed by atoms with Gasteiger partial charge < -0.3 is 20.4 Å². The number of aromatic carboxylic acids is 1. The smallest absolute Gasteiger partial charge is 0.478 e. The zero-order valence-electron chi connectivity index (χ0n) is 22.7. The van der Waals surface area contributed by atoms with Crippen molar-refractivity contribution in [3.8, 4) is 0 Å². The third-order valence-electron chi connectivity index (χ3n) is 5.86. The number of rotatable bonds is 9. The highest BCUT2D eigenvalue weighted by Crippen LogP contribution is 2.27. The Kier molecular flexibility index (Phi) is 11.5. The number of carbonyl (C=O) groups is 3. The minimum atomic E-state index is -5.08. The lowest BCUT2D eigenvalue weighted by Gasteiger charge is -2.36. The van der Waals surface area contributed by atoms with Crippen molar-refractivity contribution in [2.45, 2.75) is 31.8 Å². The third-order valence-corrected chi connectivity index (χ3v) is 7.25. The molecule has 11 nitrogen and oxygen atoms in total. The van der Waals surface area contributed by atoms with Crippen LogP contribution in [0.1, 0.15) is 29.8 Å². The summed E-state index contributed by atoms with van der Waals surface area (Å²) in [6.07, 6.45) is -5.08. The predicted octanol–water partition coefficient (Wildman–Crippen LogP) is 3.02. The number of benzene rings is 2. The Morgan fingerprint density at radius 3 is 2.02 bits per heavy atom. The SMILES string of the molecule is Cc1ccc(S(=O)(=O)Nc2ccc(N3CCN(CC(=O)NCC(C)C)CC3)cc2C(=O)O)cc1.O=C(O)C(F)(F)F. The fourth-order valence-corrected chi connectivity index (χ4v) is 4.74. The van der Waals surface area contributed by atoms with Gasteiger partial charge in [0.1, 0.15) is 0 Å². The zero-order chi connectivity index (χ0) is 31.0. The maximum Gasteiger partial charge on any atom is 0.490 e. The highest BCUT2D eigenvalue weighted by atomic mass is 32.2. The van der Waals surface area contributed by atoms with Crippen LogP contribution in [-0.4, -0.2) is 86.8 Å². The first-order valence-corrected chi connectivity index (χ1v) is 14.0. The van der Waals surface area contributed by atoms with Gasteiger partial charge in [-0.3, -0.25) is 14.4 Å². The molecule has 1 fully saturated rings. The monoisotopic (exact) mass is 602 g/mol. The summed E-state index contributed by atoms with van der Waals surface area (Å²) in [6.45, 7) is 9.52. The molecule has 1 saturated heterocycles. The van der Waals surface area contributed by atoms with Gasteiger partial charge in [-0.1, -0.05) is 31.5 Å². The van der Waals surface area contributed by atoms with Gasteiger partial charge in [-0.15, -0.1) is 0 Å². The number of carboxylic acid groups (broad SMARTS) is 2. The van der Waals surface area contributed by atoms with E-state index in [4.69, 9.17) is 9.90 Å². The quantitative estimate of drug-likeness (QED) is 0.339. The second-order valence-electron chi connectivity index (χ2n) is 9.72. The van der Waals surface area contributed by atoms with E-state index < -0.39 is 28.1 Å². The fourth-order valence-electron chi connectivity index (χ4n) is 3.66. The number of amides is 1. The molecule has 41 heavy (non-hydrogen) atoms. The molecule has 1 aliphatic heterocycles. The molecule has 1 aliphatic rings. The topological polar surface area (TPSA) is 156 Å². The standard InChI is InChI=1S/C24H32N4O5S.C2HF3O2/c1-17(2)15-25-23(29)16-27-10-12-28(13-11-27)19-6-9-22(21(14-19)24(30)31)26-34(32,33)20-7-4-18(3)5-8-20;3-2(4,5)1(6)7/h4-9,14,17,26H,10-13,15-16H2,1-3H3,(H,25,29)(H,30,31);(H,6,7). The number of nitrogens with zero attached hydrogens (tertiary/aromatic N) is 2. The summed E-state index contributed by atoms with van der Waals surface area (Å²) in [5.74, 6) is -3.58. The molecule has 0 saturated carbocycles. The lowest BCUT2D eigenvalue weighted by atomic mass is 10.1. The van der Waals surface area contributed by atoms with E-state index in [0.29, 0.717) is 50.9 Å². The van der Waals surface area contributed by atoms with E-state index in [1.165, 1.54) is 24.3 Å². The van der Waals surface area contributed by atoms with Gasteiger partial charge in [0.15, 0.2) is 0 Å². The summed E-state index contributed by atoms with van der Waals surface area (Å²) < 4.78 is 59.6. The molecule has 0 aromatic heterocycles. The molecule has 1 heterocycles. The average Bonchev–Trinajstić information content (AvgIpc) is 2.88. The molecule has 0 atom stereocenters. The molecule has 0 spiro atoms. The number of hydrogen-bond acceptors (Lipinski definition) is 7. The van der Waals surface area contributed by atoms with Crippen molar-refractivity contribution in [1.29, 1.82) is 0 Å². The van der Waals surface area contributed by atoms with Crippen LogP contribution in [0.15, 0.2) is 47.4 Å². The van der Waals surface area contributed by atoms with E-state index in [-0.39, 0.29) is 22.1 Å². The summed E-state index contributed by atoms with van der Waals surface area (Å²) in [5.41, 5.74) is 1.51. The van der Waals surface area contributed by atoms with E-state index in [1.807, 2.05) is 25.7 Å². The second kappa shape index (κ2) is 14.2. The van der Waals surface area contributed by atoms with Crippen LogP contribution in [0.2, 0.25) is 0 Å². The maximum atomic E-state index is 12.7. The largest absolute Gasteiger partial charge is 0.490 e. The third kappa shape index (κ3) is 10.6. The number of anilines is 2. The summed E-state index contributed by atoms with van der Waals surface area (Å²) >= 11 is 0. The van der Waals surface area contributed by atoms with Crippen LogP contribution in [-0.2, 0) is 19.6 Å². The van der Waals surface area contributed by atoms with Crippen LogP contribution >= 0.6 is 0 Å². The van der Waals surface area contributed by atoms with Crippen LogP contribution in [0.3, 0.4) is 0 Å². The van der Waals surface area contributed by atoms with Crippen molar-refractivity contribution >= 4 is 39.2 Å². The lowest BCUT2D eigenvalue weighted by molar-refractivity contribution is -0.192. The number of carboxylic acids is 2. The van der Waals surface area contributed by atoms with Gasteiger partial charge in [0.2, 0.25) is 5.91 Å². The van der Waals surface area contributed by atoms with Gasteiger partial charge in [-0.25, -0.2) is 18.0 Å². The highest BCUT2D eigenvalue weighted by molar-refractivity contribution is 7.92. The molecule has 4 N–H and O–H groups in total. The number of alkyl halides is 3. The van der Waals surface area contributed by atoms with E-state index in [2.05, 4.69) is 14.9 Å². The molecule has 0 aliphatic carbocycles. The van der Waals surface area contributed by atoms with Gasteiger partial charge in [-0.05, 0) is 43.2 Å². The fraction of sp³-hybridized carbons (Fsp3) is 0.423. The number of piperazine rings is 1. The molecule has 0 radical (unpaired) electrons. The first-order chi connectivity index (χ1) is 19.0. The van der Waals surface area contributed by atoms with Crippen LogP contribution in [0.4, 0.5) is 24.5 Å². The van der Waals surface area contributed by atoms with Crippen LogP contribution in [0, 0.1) is 12.8 Å². The Bertz CT molecular complexity index is 1330. The van der Waals surface area contributed by atoms with E-state index >= 15 is 0 Å². The van der Waals surface area contributed by atoms with Crippen molar-refractivity contribution in [3.05, 3.63) is 53.6 Å². The number of hydrogen-bond donors (Lipinski definition) is 4. The normalized spacial score (nSPS) is 14.2. The van der Waals surface area contributed by atoms with Crippen LogP contribution in [0.25, 0.3) is 0 Å². The molecule has 15 heteroatoms. The van der Waals surface area contributed by atoms with Gasteiger partial charge in [0, 0.05) is 38.4 Å². The molecular weight excluding hydrogens is 569 g/mol. The Morgan fingerprint density at radius 2 is 1.54 bits per heavy atom. The molecule has 1 amide bonds. The van der Waals surface area contributed by atoms with E-state index in [0.717, 1.165) is 5.56 Å². The van der Waals surface area contributed by atoms with Gasteiger partial charge in [0.05, 0.1) is 22.7 Å². The van der Waals surface area contributed by atoms with Crippen molar-refractivity contribution in [3.63, 3.8) is 0 Å². The predicted molar refractivity (Wildman–Crippen MR) is 146 cm³/mol. The number of halogens is 3. The Labute approximate surface area is 236 Å². The van der Waals surface area contributed by atoms with E-state index in [1.54, 1.807) is 18.2 Å². The maximum absolute atomic E-state index is 12.7. The number of nitrogens with one attached hydrogen (secondary N) is 2. The van der Waals surface area contributed by atoms with Gasteiger partial charge in [-0.2, -0.15) is 13.2 Å². The first-order valence-electron chi connectivity index (χ1n) is 12.5. The van der Waals surface area contributed by atoms with Crippen molar-refractivity contribution < 1.29 is 46.2 Å². The van der Waals surface area contributed by atoms with Crippen LogP contribution in [0.5, 0.6) is 0 Å². The number of aliphatic carboxylic acids is 1. The van der Waals surface area contributed by atoms with Gasteiger partial charge in [0.25, 0.3) is 10.0 Å². The van der Waals surface area contributed by atoms with E-state index in [9.17, 15) is 36.3 Å². The number of carbonyl (C=O) groups excluding carboxylic acids is 1. The number of aryl methyl sites for hydroxylation is 1. The Balaban J connectivity index is 0.000000745. The Hall–Kier alpha value is -3.85. The molecule has 226 valence electrons. The van der Waals surface area contributed by atoms with Crippen molar-refractivity contribution in [1.82, 2.24) is 10.2 Å². The first kappa shape index (κ1) is 33.4. The zero-order valence-corrected chi connectivity index (χ0v) is 23.6. The molecule has 2 aromatic carbocycles. The summed E-state index contributed by atoms with van der Waals surface area (Å²) in [6, 6.07) is 11.0. The minimum absolute atomic E-state index is 0.000488. The van der Waals surface area contributed by atoms with Crippen LogP contribution < -0.4 is 14.9 Å². The number of sulfonamides is 1. The van der Waals surface area contributed by atoms with Crippen molar-refractivity contribution in [2.24, 2.45) is 5.92 Å².